The van der Waals surface area contributed by atoms with Gasteiger partial charge in [0.15, 0.2) is 0 Å². The summed E-state index contributed by atoms with van der Waals surface area (Å²) in [6.07, 6.45) is 4.71. The molecule has 3 rings (SSSR count). The van der Waals surface area contributed by atoms with E-state index < -0.39 is 18.1 Å². The van der Waals surface area contributed by atoms with Gasteiger partial charge in [-0.15, -0.1) is 0 Å². The number of hydrogen-bond donors (Lipinski definition) is 4. The van der Waals surface area contributed by atoms with Crippen molar-refractivity contribution in [2.75, 3.05) is 14.2 Å². The van der Waals surface area contributed by atoms with Crippen LogP contribution in [0.2, 0.25) is 0 Å². The first-order chi connectivity index (χ1) is 17.4. The number of carbonyl (C=O) groups is 3. The van der Waals surface area contributed by atoms with Crippen LogP contribution in [0.1, 0.15) is 37.0 Å². The van der Waals surface area contributed by atoms with E-state index in [-0.39, 0.29) is 23.6 Å². The van der Waals surface area contributed by atoms with Gasteiger partial charge in [-0.2, -0.15) is 0 Å². The molecule has 2 aromatic carbocycles. The van der Waals surface area contributed by atoms with E-state index in [0.717, 1.165) is 16.7 Å². The van der Waals surface area contributed by atoms with Crippen molar-refractivity contribution in [1.82, 2.24) is 21.3 Å². The van der Waals surface area contributed by atoms with Gasteiger partial charge in [-0.1, -0.05) is 56.7 Å². The maximum absolute atomic E-state index is 13.4. The Morgan fingerprint density at radius 2 is 1.78 bits per heavy atom. The van der Waals surface area contributed by atoms with Gasteiger partial charge in [0.05, 0.1) is 13.2 Å². The molecule has 0 aliphatic carbocycles. The summed E-state index contributed by atoms with van der Waals surface area (Å²) in [5.74, 6) is -0.497. The summed E-state index contributed by atoms with van der Waals surface area (Å²) in [5, 5.41) is 11.7. The number of nitrogens with one attached hydrogen (secondary N) is 4. The van der Waals surface area contributed by atoms with Crippen LogP contribution >= 0.6 is 0 Å². The molecular formula is C28H36N4O4. The number of amides is 3. The Balaban J connectivity index is 2.00. The van der Waals surface area contributed by atoms with Crippen molar-refractivity contribution in [2.45, 2.75) is 51.2 Å². The summed E-state index contributed by atoms with van der Waals surface area (Å²) >= 11 is 0. The number of methoxy groups -OCH3 is 1. The van der Waals surface area contributed by atoms with Crippen LogP contribution in [0.25, 0.3) is 6.08 Å². The van der Waals surface area contributed by atoms with Gasteiger partial charge >= 0.3 is 0 Å². The predicted molar refractivity (Wildman–Crippen MR) is 140 cm³/mol. The van der Waals surface area contributed by atoms with Crippen molar-refractivity contribution in [3.8, 4) is 5.75 Å². The van der Waals surface area contributed by atoms with E-state index in [9.17, 15) is 14.4 Å². The smallest absolute Gasteiger partial charge is 0.246 e. The van der Waals surface area contributed by atoms with E-state index in [1.54, 1.807) is 26.4 Å². The molecule has 1 heterocycles. The van der Waals surface area contributed by atoms with Gasteiger partial charge in [-0.05, 0) is 47.9 Å². The standard InChI is InChI=1S/C28H36N4O4/c1-5-18(2)25-28(35)31-23(16-19-9-7-6-8-10-19)26(33)30-14-13-20-11-12-24(36-4)21(15-20)17-22(29-3)27(34)32-25/h6-15,18,22-23,25,29H,5,16-17H2,1-4H3,(H,30,33)(H,31,35)(H,32,34)/t18-,22+,23-,25-/m0/s1. The van der Waals surface area contributed by atoms with Crippen LogP contribution in [-0.4, -0.2) is 50.0 Å². The molecule has 0 aromatic heterocycles. The Morgan fingerprint density at radius 3 is 2.44 bits per heavy atom. The SMILES string of the molecule is CC[C@H](C)[C@@H]1NC(=O)[C@H](NC)Cc2cc(ccc2OC)C=CNC(=O)[C@H](Cc2ccccc2)NC1=O. The summed E-state index contributed by atoms with van der Waals surface area (Å²) < 4.78 is 5.51. The highest BCUT2D eigenvalue weighted by Crippen LogP contribution is 2.23. The highest BCUT2D eigenvalue weighted by Gasteiger charge is 2.32. The molecule has 192 valence electrons. The lowest BCUT2D eigenvalue weighted by atomic mass is 9.96. The van der Waals surface area contributed by atoms with Gasteiger partial charge in [-0.3, -0.25) is 14.4 Å². The molecule has 1 aliphatic rings. The molecule has 4 N–H and O–H groups in total. The minimum atomic E-state index is -0.815. The number of likely N-dealkylation sites (N-methyl/N-ethyl adjacent to an activating group) is 1. The van der Waals surface area contributed by atoms with E-state index in [2.05, 4.69) is 21.3 Å². The van der Waals surface area contributed by atoms with Crippen molar-refractivity contribution in [3.63, 3.8) is 0 Å². The van der Waals surface area contributed by atoms with Crippen LogP contribution < -0.4 is 26.0 Å². The highest BCUT2D eigenvalue weighted by molar-refractivity contribution is 5.94. The minimum absolute atomic E-state index is 0.139. The Morgan fingerprint density at radius 1 is 1.03 bits per heavy atom. The average molecular weight is 493 g/mol. The van der Waals surface area contributed by atoms with Crippen molar-refractivity contribution in [1.29, 1.82) is 0 Å². The van der Waals surface area contributed by atoms with Crippen LogP contribution in [-0.2, 0) is 27.2 Å². The first-order valence-corrected chi connectivity index (χ1v) is 12.3. The van der Waals surface area contributed by atoms with Crippen LogP contribution in [0, 0.1) is 5.92 Å². The third-order valence-corrected chi connectivity index (χ3v) is 6.60. The summed E-state index contributed by atoms with van der Waals surface area (Å²) in [7, 11) is 3.30. The molecule has 1 aliphatic heterocycles. The van der Waals surface area contributed by atoms with E-state index in [1.807, 2.05) is 62.4 Å². The van der Waals surface area contributed by atoms with Gasteiger partial charge < -0.3 is 26.0 Å². The van der Waals surface area contributed by atoms with Crippen molar-refractivity contribution in [2.24, 2.45) is 5.92 Å². The van der Waals surface area contributed by atoms with Gasteiger partial charge in [-0.25, -0.2) is 0 Å². The molecule has 4 atom stereocenters. The third kappa shape index (κ3) is 6.95. The number of fused-ring (bicyclic) bond motifs is 2. The Labute approximate surface area is 212 Å². The van der Waals surface area contributed by atoms with Crippen LogP contribution in [0.15, 0.2) is 54.7 Å². The topological polar surface area (TPSA) is 109 Å². The molecule has 0 fully saturated rings. The quantitative estimate of drug-likeness (QED) is 0.494. The molecule has 0 spiro atoms. The van der Waals surface area contributed by atoms with Crippen LogP contribution in [0.3, 0.4) is 0 Å². The maximum atomic E-state index is 13.4. The molecule has 36 heavy (non-hydrogen) atoms. The maximum Gasteiger partial charge on any atom is 0.246 e. The number of benzene rings is 2. The van der Waals surface area contributed by atoms with E-state index in [1.165, 1.54) is 0 Å². The van der Waals surface area contributed by atoms with Crippen LogP contribution in [0.5, 0.6) is 5.75 Å². The number of ether oxygens (including phenoxy) is 1. The first-order valence-electron chi connectivity index (χ1n) is 12.3. The summed E-state index contributed by atoms with van der Waals surface area (Å²) in [4.78, 5) is 39.9. The molecule has 0 unspecified atom stereocenters. The fourth-order valence-corrected chi connectivity index (χ4v) is 4.20. The minimum Gasteiger partial charge on any atom is -0.496 e. The number of rotatable bonds is 6. The normalized spacial score (nSPS) is 21.9. The fraction of sp³-hybridized carbons (Fsp3) is 0.393. The predicted octanol–water partition coefficient (Wildman–Crippen LogP) is 2.18. The van der Waals surface area contributed by atoms with Gasteiger partial charge in [0.25, 0.3) is 0 Å². The molecule has 0 radical (unpaired) electrons. The first kappa shape index (κ1) is 26.9. The molecule has 8 nitrogen and oxygen atoms in total. The Kier molecular flexibility index (Phi) is 9.64. The monoisotopic (exact) mass is 492 g/mol. The fourth-order valence-electron chi connectivity index (χ4n) is 4.20. The van der Waals surface area contributed by atoms with Crippen LogP contribution in [0.4, 0.5) is 0 Å². The highest BCUT2D eigenvalue weighted by atomic mass is 16.5. The second-order valence-electron chi connectivity index (χ2n) is 9.08. The molecule has 0 saturated carbocycles. The number of hydrogen-bond acceptors (Lipinski definition) is 5. The summed E-state index contributed by atoms with van der Waals surface area (Å²) in [6.45, 7) is 3.87. The van der Waals surface area contributed by atoms with Crippen molar-refractivity contribution >= 4 is 23.8 Å². The Hall–Kier alpha value is -3.65. The zero-order chi connectivity index (χ0) is 26.1. The second-order valence-corrected chi connectivity index (χ2v) is 9.08. The zero-order valence-electron chi connectivity index (χ0n) is 21.3. The lowest BCUT2D eigenvalue weighted by molar-refractivity contribution is -0.133. The average Bonchev–Trinajstić information content (AvgIpc) is 2.89. The van der Waals surface area contributed by atoms with E-state index in [0.29, 0.717) is 25.0 Å². The van der Waals surface area contributed by atoms with Crippen molar-refractivity contribution < 1.29 is 19.1 Å². The third-order valence-electron chi connectivity index (χ3n) is 6.60. The molecule has 8 heteroatoms. The number of carbonyl (C=O) groups excluding carboxylic acids is 3. The summed E-state index contributed by atoms with van der Waals surface area (Å²) in [6, 6.07) is 13.0. The molecule has 0 saturated heterocycles. The molecule has 3 amide bonds. The van der Waals surface area contributed by atoms with Crippen molar-refractivity contribution in [3.05, 3.63) is 71.4 Å². The largest absolute Gasteiger partial charge is 0.496 e. The van der Waals surface area contributed by atoms with Gasteiger partial charge in [0.1, 0.15) is 17.8 Å². The second kappa shape index (κ2) is 12.9. The van der Waals surface area contributed by atoms with E-state index >= 15 is 0 Å². The lowest BCUT2D eigenvalue weighted by Crippen LogP contribution is -2.58. The lowest BCUT2D eigenvalue weighted by Gasteiger charge is -2.28. The van der Waals surface area contributed by atoms with E-state index in [4.69, 9.17) is 4.74 Å². The van der Waals surface area contributed by atoms with Gasteiger partial charge in [0.2, 0.25) is 17.7 Å². The Bertz CT molecular complexity index is 1090. The molecule has 2 aromatic rings. The van der Waals surface area contributed by atoms with Gasteiger partial charge in [0, 0.05) is 19.0 Å². The molecular weight excluding hydrogens is 456 g/mol. The zero-order valence-corrected chi connectivity index (χ0v) is 21.3. The summed E-state index contributed by atoms with van der Waals surface area (Å²) in [5.41, 5.74) is 2.60. The molecule has 2 bridgehead atoms.